The molecule has 0 saturated carbocycles. The lowest BCUT2D eigenvalue weighted by Crippen LogP contribution is -2.24. The van der Waals surface area contributed by atoms with Crippen molar-refractivity contribution >= 4 is 23.2 Å². The third-order valence-electron chi connectivity index (χ3n) is 5.96. The first kappa shape index (κ1) is 22.9. The lowest BCUT2D eigenvalue weighted by molar-refractivity contribution is -0.112. The van der Waals surface area contributed by atoms with Crippen LogP contribution >= 0.6 is 11.8 Å². The summed E-state index contributed by atoms with van der Waals surface area (Å²) < 4.78 is 7.45. The van der Waals surface area contributed by atoms with Gasteiger partial charge in [-0.1, -0.05) is 62.0 Å². The van der Waals surface area contributed by atoms with E-state index in [0.717, 1.165) is 22.7 Å². The van der Waals surface area contributed by atoms with Crippen LogP contribution in [0, 0.1) is 0 Å². The van der Waals surface area contributed by atoms with Gasteiger partial charge >= 0.3 is 0 Å². The lowest BCUT2D eigenvalue weighted by atomic mass is 9.83. The van der Waals surface area contributed by atoms with Crippen molar-refractivity contribution < 1.29 is 9.53 Å². The summed E-state index contributed by atoms with van der Waals surface area (Å²) in [6.07, 6.45) is 3.56. The van der Waals surface area contributed by atoms with E-state index in [1.54, 1.807) is 19.3 Å². The molecule has 4 rings (SSSR count). The van der Waals surface area contributed by atoms with Gasteiger partial charge in [0.2, 0.25) is 0 Å². The molecule has 0 amide bonds. The van der Waals surface area contributed by atoms with Crippen molar-refractivity contribution in [3.05, 3.63) is 78.5 Å². The van der Waals surface area contributed by atoms with Crippen LogP contribution in [0.4, 0.5) is 5.69 Å². The number of allylic oxidation sites excluding steroid dienone is 3. The number of carbonyl (C=O) groups is 1. The maximum atomic E-state index is 13.0. The van der Waals surface area contributed by atoms with Crippen molar-refractivity contribution in [2.24, 2.45) is 0 Å². The Morgan fingerprint density at radius 3 is 2.61 bits per heavy atom. The molecule has 3 aromatic rings. The van der Waals surface area contributed by atoms with Crippen LogP contribution in [0.3, 0.4) is 0 Å². The van der Waals surface area contributed by atoms with Gasteiger partial charge in [0.05, 0.1) is 18.4 Å². The number of ether oxygens (including phenoxy) is 1. The minimum atomic E-state index is -0.231. The van der Waals surface area contributed by atoms with Gasteiger partial charge in [0.1, 0.15) is 5.75 Å². The smallest absolute Gasteiger partial charge is 0.192 e. The van der Waals surface area contributed by atoms with Crippen LogP contribution in [0.25, 0.3) is 11.4 Å². The Kier molecular flexibility index (Phi) is 6.42. The van der Waals surface area contributed by atoms with Crippen molar-refractivity contribution in [1.29, 1.82) is 0 Å². The average Bonchev–Trinajstić information content (AvgIpc) is 3.30. The summed E-state index contributed by atoms with van der Waals surface area (Å²) in [5, 5.41) is 9.41. The molecule has 0 saturated heterocycles. The van der Waals surface area contributed by atoms with Crippen LogP contribution in [0.5, 0.6) is 5.75 Å². The molecule has 2 heterocycles. The number of thioether (sulfide) groups is 1. The van der Waals surface area contributed by atoms with E-state index in [2.05, 4.69) is 47.7 Å². The van der Waals surface area contributed by atoms with Gasteiger partial charge in [-0.2, -0.15) is 0 Å². The number of hydrogen-bond acceptors (Lipinski definition) is 6. The van der Waals surface area contributed by atoms with Gasteiger partial charge < -0.3 is 9.64 Å². The molecular weight excluding hydrogens is 432 g/mol. The molecule has 33 heavy (non-hydrogen) atoms. The van der Waals surface area contributed by atoms with E-state index in [1.807, 2.05) is 48.0 Å². The molecule has 0 fully saturated rings. The molecule has 2 aromatic carbocycles. The second-order valence-electron chi connectivity index (χ2n) is 8.39. The zero-order valence-electron chi connectivity index (χ0n) is 19.4. The molecule has 0 N–H and O–H groups in total. The molecule has 170 valence electrons. The lowest BCUT2D eigenvalue weighted by Gasteiger charge is -2.23. The van der Waals surface area contributed by atoms with Gasteiger partial charge in [-0.05, 0) is 23.8 Å². The maximum Gasteiger partial charge on any atom is 0.192 e. The number of methoxy groups -OCH3 is 1. The fourth-order valence-corrected chi connectivity index (χ4v) is 5.08. The molecular formula is C26H28N4O2S. The quantitative estimate of drug-likeness (QED) is 0.264. The Morgan fingerprint density at radius 2 is 1.88 bits per heavy atom. The van der Waals surface area contributed by atoms with Crippen LogP contribution in [-0.4, -0.2) is 40.5 Å². The van der Waals surface area contributed by atoms with E-state index in [-0.39, 0.29) is 17.0 Å². The van der Waals surface area contributed by atoms with E-state index in [1.165, 1.54) is 17.3 Å². The number of anilines is 1. The number of para-hydroxylation sites is 2. The monoisotopic (exact) mass is 460 g/mol. The second kappa shape index (κ2) is 9.27. The largest absolute Gasteiger partial charge is 0.496 e. The van der Waals surface area contributed by atoms with Crippen molar-refractivity contribution in [2.75, 3.05) is 24.8 Å². The number of carbonyl (C=O) groups excluding carboxylic acids is 1. The van der Waals surface area contributed by atoms with Crippen LogP contribution in [-0.2, 0) is 16.8 Å². The first-order valence-corrected chi connectivity index (χ1v) is 11.8. The highest BCUT2D eigenvalue weighted by Gasteiger charge is 2.38. The molecule has 0 unspecified atom stereocenters. The van der Waals surface area contributed by atoms with Gasteiger partial charge in [0.25, 0.3) is 0 Å². The zero-order chi connectivity index (χ0) is 23.6. The fourth-order valence-electron chi connectivity index (χ4n) is 4.31. The normalized spacial score (nSPS) is 15.5. The third kappa shape index (κ3) is 4.20. The molecule has 0 aliphatic carbocycles. The molecule has 6 nitrogen and oxygen atoms in total. The Balaban J connectivity index is 1.56. The Morgan fingerprint density at radius 1 is 1.15 bits per heavy atom. The van der Waals surface area contributed by atoms with Gasteiger partial charge in [-0.3, -0.25) is 9.36 Å². The molecule has 0 spiro atoms. The van der Waals surface area contributed by atoms with E-state index in [0.29, 0.717) is 17.5 Å². The first-order chi connectivity index (χ1) is 15.9. The third-order valence-corrected chi connectivity index (χ3v) is 6.95. The standard InChI is InChI=1S/C26H28N4O2S/c1-6-15-30-24(19-11-7-10-14-22(19)32-5)27-28-25(30)33-17-18(31)16-23-26(2,3)20-12-8-9-13-21(20)29(23)4/h6-14,16H,1,15,17H2,2-5H3. The number of fused-ring (bicyclic) bond motifs is 1. The number of benzene rings is 2. The predicted molar refractivity (Wildman–Crippen MR) is 134 cm³/mol. The van der Waals surface area contributed by atoms with E-state index in [9.17, 15) is 4.79 Å². The first-order valence-electron chi connectivity index (χ1n) is 10.8. The summed E-state index contributed by atoms with van der Waals surface area (Å²) in [6, 6.07) is 16.0. The van der Waals surface area contributed by atoms with Gasteiger partial charge in [-0.15, -0.1) is 16.8 Å². The number of nitrogens with zero attached hydrogens (tertiary/aromatic N) is 4. The maximum absolute atomic E-state index is 13.0. The second-order valence-corrected chi connectivity index (χ2v) is 9.33. The van der Waals surface area contributed by atoms with Crippen molar-refractivity contribution in [2.45, 2.75) is 31.0 Å². The molecule has 0 atom stereocenters. The van der Waals surface area contributed by atoms with Crippen molar-refractivity contribution in [3.8, 4) is 17.1 Å². The summed E-state index contributed by atoms with van der Waals surface area (Å²) in [5.41, 5.74) is 3.98. The van der Waals surface area contributed by atoms with E-state index >= 15 is 0 Å². The molecule has 7 heteroatoms. The number of aromatic nitrogens is 3. The number of likely N-dealkylation sites (N-methyl/N-ethyl adjacent to an activating group) is 1. The van der Waals surface area contributed by atoms with Crippen LogP contribution in [0.1, 0.15) is 19.4 Å². The minimum absolute atomic E-state index is 0.0368. The van der Waals surface area contributed by atoms with Crippen molar-refractivity contribution in [1.82, 2.24) is 14.8 Å². The predicted octanol–water partition coefficient (Wildman–Crippen LogP) is 5.11. The summed E-state index contributed by atoms with van der Waals surface area (Å²) in [5.74, 6) is 1.71. The molecule has 1 aliphatic heterocycles. The zero-order valence-corrected chi connectivity index (χ0v) is 20.2. The Hall–Kier alpha value is -3.32. The van der Waals surface area contributed by atoms with E-state index in [4.69, 9.17) is 4.74 Å². The highest BCUT2D eigenvalue weighted by Crippen LogP contribution is 2.46. The molecule has 0 radical (unpaired) electrons. The summed E-state index contributed by atoms with van der Waals surface area (Å²) in [7, 11) is 3.65. The van der Waals surface area contributed by atoms with Crippen molar-refractivity contribution in [3.63, 3.8) is 0 Å². The van der Waals surface area contributed by atoms with Crippen LogP contribution in [0.2, 0.25) is 0 Å². The topological polar surface area (TPSA) is 60.2 Å². The SMILES string of the molecule is C=CCn1c(SCC(=O)C=C2N(C)c3ccccc3C2(C)C)nnc1-c1ccccc1OC. The van der Waals surface area contributed by atoms with Gasteiger partial charge in [-0.25, -0.2) is 0 Å². The van der Waals surface area contributed by atoms with Crippen LogP contribution < -0.4 is 9.64 Å². The Bertz CT molecular complexity index is 1230. The van der Waals surface area contributed by atoms with Gasteiger partial charge in [0.15, 0.2) is 16.8 Å². The molecule has 1 aromatic heterocycles. The fraction of sp³-hybridized carbons (Fsp3) is 0.269. The number of hydrogen-bond donors (Lipinski definition) is 0. The molecule has 1 aliphatic rings. The number of ketones is 1. The summed E-state index contributed by atoms with van der Waals surface area (Å²) in [4.78, 5) is 15.1. The highest BCUT2D eigenvalue weighted by atomic mass is 32.2. The summed E-state index contributed by atoms with van der Waals surface area (Å²) in [6.45, 7) is 8.70. The molecule has 0 bridgehead atoms. The Labute approximate surface area is 199 Å². The van der Waals surface area contributed by atoms with Crippen LogP contribution in [0.15, 0.2) is 78.1 Å². The van der Waals surface area contributed by atoms with Gasteiger partial charge in [0, 0.05) is 36.5 Å². The van der Waals surface area contributed by atoms with E-state index < -0.39 is 0 Å². The minimum Gasteiger partial charge on any atom is -0.496 e. The highest BCUT2D eigenvalue weighted by molar-refractivity contribution is 7.99. The summed E-state index contributed by atoms with van der Waals surface area (Å²) >= 11 is 1.38. The average molecular weight is 461 g/mol. The number of rotatable bonds is 8.